The number of benzene rings is 1. The molecule has 0 fully saturated rings. The zero-order valence-corrected chi connectivity index (χ0v) is 12.4. The number of aryl methyl sites for hydroxylation is 2. The zero-order chi connectivity index (χ0) is 16.1. The number of amides is 2. The first-order valence-electron chi connectivity index (χ1n) is 6.82. The molecule has 0 saturated heterocycles. The molecule has 116 valence electrons. The second-order valence-corrected chi connectivity index (χ2v) is 4.81. The molecule has 7 heteroatoms. The lowest BCUT2D eigenvalue weighted by Gasteiger charge is -2.06. The summed E-state index contributed by atoms with van der Waals surface area (Å²) in [7, 11) is 0. The average Bonchev–Trinajstić information content (AvgIpc) is 2.82. The molecule has 2 amide bonds. The summed E-state index contributed by atoms with van der Waals surface area (Å²) in [5, 5.41) is 5.31. The van der Waals surface area contributed by atoms with E-state index in [2.05, 4.69) is 20.6 Å². The number of nitrogens with one attached hydrogen (secondary N) is 3. The van der Waals surface area contributed by atoms with E-state index in [1.54, 1.807) is 13.8 Å². The van der Waals surface area contributed by atoms with Crippen molar-refractivity contribution in [3.05, 3.63) is 52.9 Å². The minimum atomic E-state index is -0.395. The smallest absolute Gasteiger partial charge is 0.271 e. The molecule has 2 rings (SSSR count). The van der Waals surface area contributed by atoms with Gasteiger partial charge in [-0.05, 0) is 38.1 Å². The van der Waals surface area contributed by atoms with Crippen LogP contribution in [0.5, 0.6) is 0 Å². The molecule has 3 N–H and O–H groups in total. The minimum Gasteiger partial charge on any atom is -0.350 e. The SMILES string of the molecule is Cc1nc(C(=O)NCCNC(=O)c2ccc(F)cc2)c(C)[nH]1. The van der Waals surface area contributed by atoms with Gasteiger partial charge in [0.25, 0.3) is 11.8 Å². The molecule has 0 aliphatic carbocycles. The summed E-state index contributed by atoms with van der Waals surface area (Å²) in [6.45, 7) is 4.08. The number of aromatic amines is 1. The van der Waals surface area contributed by atoms with Crippen LogP contribution in [-0.4, -0.2) is 34.9 Å². The van der Waals surface area contributed by atoms with Gasteiger partial charge in [0.1, 0.15) is 17.3 Å². The van der Waals surface area contributed by atoms with E-state index in [4.69, 9.17) is 0 Å². The van der Waals surface area contributed by atoms with Crippen molar-refractivity contribution in [1.82, 2.24) is 20.6 Å². The molecule has 1 aromatic carbocycles. The van der Waals surface area contributed by atoms with Crippen LogP contribution in [0.3, 0.4) is 0 Å². The Kier molecular flexibility index (Phi) is 4.88. The Balaban J connectivity index is 1.77. The van der Waals surface area contributed by atoms with Crippen LogP contribution in [0.4, 0.5) is 4.39 Å². The lowest BCUT2D eigenvalue weighted by Crippen LogP contribution is -2.35. The second-order valence-electron chi connectivity index (χ2n) is 4.81. The lowest BCUT2D eigenvalue weighted by molar-refractivity contribution is 0.0925. The number of aromatic nitrogens is 2. The Labute approximate surface area is 127 Å². The maximum atomic E-state index is 12.8. The number of carbonyl (C=O) groups is 2. The van der Waals surface area contributed by atoms with Crippen molar-refractivity contribution in [2.45, 2.75) is 13.8 Å². The molecule has 0 saturated carbocycles. The monoisotopic (exact) mass is 304 g/mol. The van der Waals surface area contributed by atoms with Crippen molar-refractivity contribution in [2.75, 3.05) is 13.1 Å². The van der Waals surface area contributed by atoms with Crippen LogP contribution in [0.1, 0.15) is 32.4 Å². The van der Waals surface area contributed by atoms with Crippen LogP contribution in [-0.2, 0) is 0 Å². The number of nitrogens with zero attached hydrogens (tertiary/aromatic N) is 1. The normalized spacial score (nSPS) is 10.3. The average molecular weight is 304 g/mol. The largest absolute Gasteiger partial charge is 0.350 e. The Bertz CT molecular complexity index is 679. The van der Waals surface area contributed by atoms with Crippen LogP contribution < -0.4 is 10.6 Å². The lowest BCUT2D eigenvalue weighted by atomic mass is 10.2. The molecule has 0 aliphatic rings. The first kappa shape index (κ1) is 15.7. The second kappa shape index (κ2) is 6.84. The van der Waals surface area contributed by atoms with Crippen molar-refractivity contribution in [1.29, 1.82) is 0 Å². The summed E-state index contributed by atoms with van der Waals surface area (Å²) in [6.07, 6.45) is 0. The molecule has 22 heavy (non-hydrogen) atoms. The molecule has 2 aromatic rings. The Morgan fingerprint density at radius 1 is 1.09 bits per heavy atom. The van der Waals surface area contributed by atoms with E-state index in [-0.39, 0.29) is 24.9 Å². The first-order valence-corrected chi connectivity index (χ1v) is 6.82. The molecule has 1 heterocycles. The number of rotatable bonds is 5. The van der Waals surface area contributed by atoms with E-state index in [0.717, 1.165) is 0 Å². The highest BCUT2D eigenvalue weighted by molar-refractivity contribution is 5.94. The van der Waals surface area contributed by atoms with Gasteiger partial charge in [0.05, 0.1) is 0 Å². The summed E-state index contributed by atoms with van der Waals surface area (Å²) in [5.41, 5.74) is 1.42. The first-order chi connectivity index (χ1) is 10.5. The van der Waals surface area contributed by atoms with Gasteiger partial charge in [-0.25, -0.2) is 9.37 Å². The number of hydrogen-bond donors (Lipinski definition) is 3. The molecular formula is C15H17FN4O2. The van der Waals surface area contributed by atoms with Gasteiger partial charge in [-0.3, -0.25) is 9.59 Å². The zero-order valence-electron chi connectivity index (χ0n) is 12.4. The van der Waals surface area contributed by atoms with E-state index >= 15 is 0 Å². The third kappa shape index (κ3) is 3.91. The summed E-state index contributed by atoms with van der Waals surface area (Å²) < 4.78 is 12.8. The van der Waals surface area contributed by atoms with Crippen molar-refractivity contribution in [2.24, 2.45) is 0 Å². The summed E-state index contributed by atoms with van der Waals surface area (Å²) in [6, 6.07) is 5.25. The predicted molar refractivity (Wildman–Crippen MR) is 79.1 cm³/mol. The van der Waals surface area contributed by atoms with Gasteiger partial charge in [0.2, 0.25) is 0 Å². The molecular weight excluding hydrogens is 287 g/mol. The quantitative estimate of drug-likeness (QED) is 0.728. The Hall–Kier alpha value is -2.70. The Morgan fingerprint density at radius 2 is 1.68 bits per heavy atom. The van der Waals surface area contributed by atoms with Gasteiger partial charge in [0, 0.05) is 24.3 Å². The van der Waals surface area contributed by atoms with E-state index in [1.165, 1.54) is 24.3 Å². The van der Waals surface area contributed by atoms with Crippen molar-refractivity contribution < 1.29 is 14.0 Å². The third-order valence-corrected chi connectivity index (χ3v) is 3.02. The van der Waals surface area contributed by atoms with Crippen LogP contribution in [0, 0.1) is 19.7 Å². The topological polar surface area (TPSA) is 86.9 Å². The van der Waals surface area contributed by atoms with E-state index in [9.17, 15) is 14.0 Å². The summed E-state index contributed by atoms with van der Waals surface area (Å²) >= 11 is 0. The maximum Gasteiger partial charge on any atom is 0.271 e. The van der Waals surface area contributed by atoms with E-state index in [0.29, 0.717) is 22.8 Å². The van der Waals surface area contributed by atoms with Gasteiger partial charge < -0.3 is 15.6 Å². The van der Waals surface area contributed by atoms with Gasteiger partial charge in [0.15, 0.2) is 0 Å². The highest BCUT2D eigenvalue weighted by Gasteiger charge is 2.12. The highest BCUT2D eigenvalue weighted by atomic mass is 19.1. The predicted octanol–water partition coefficient (Wildman–Crippen LogP) is 1.33. The van der Waals surface area contributed by atoms with Crippen LogP contribution in [0.2, 0.25) is 0 Å². The molecule has 0 radical (unpaired) electrons. The molecule has 1 aromatic heterocycles. The van der Waals surface area contributed by atoms with E-state index in [1.807, 2.05) is 0 Å². The van der Waals surface area contributed by atoms with Gasteiger partial charge in [-0.15, -0.1) is 0 Å². The van der Waals surface area contributed by atoms with Crippen LogP contribution in [0.15, 0.2) is 24.3 Å². The minimum absolute atomic E-state index is 0.268. The number of halogens is 1. The molecule has 0 spiro atoms. The molecule has 0 aliphatic heterocycles. The van der Waals surface area contributed by atoms with Crippen molar-refractivity contribution >= 4 is 11.8 Å². The summed E-state index contributed by atoms with van der Waals surface area (Å²) in [5.74, 6) is -0.334. The van der Waals surface area contributed by atoms with Crippen molar-refractivity contribution in [3.8, 4) is 0 Å². The number of imidazole rings is 1. The third-order valence-electron chi connectivity index (χ3n) is 3.02. The van der Waals surface area contributed by atoms with Gasteiger partial charge in [-0.1, -0.05) is 0 Å². The molecule has 0 unspecified atom stereocenters. The number of carbonyl (C=O) groups excluding carboxylic acids is 2. The fourth-order valence-electron chi connectivity index (χ4n) is 1.97. The maximum absolute atomic E-state index is 12.8. The van der Waals surface area contributed by atoms with Crippen molar-refractivity contribution in [3.63, 3.8) is 0 Å². The fourth-order valence-corrected chi connectivity index (χ4v) is 1.97. The molecule has 0 atom stereocenters. The molecule has 6 nitrogen and oxygen atoms in total. The van der Waals surface area contributed by atoms with Gasteiger partial charge in [-0.2, -0.15) is 0 Å². The highest BCUT2D eigenvalue weighted by Crippen LogP contribution is 2.04. The number of hydrogen-bond acceptors (Lipinski definition) is 3. The summed E-state index contributed by atoms with van der Waals surface area (Å²) in [4.78, 5) is 30.7. The van der Waals surface area contributed by atoms with E-state index < -0.39 is 5.82 Å². The molecule has 0 bridgehead atoms. The standard InChI is InChI=1S/C15H17FN4O2/c1-9-13(20-10(2)19-9)15(22)18-8-7-17-14(21)11-3-5-12(16)6-4-11/h3-6H,7-8H2,1-2H3,(H,17,21)(H,18,22)(H,19,20). The fraction of sp³-hybridized carbons (Fsp3) is 0.267. The van der Waals surface area contributed by atoms with Crippen LogP contribution in [0.25, 0.3) is 0 Å². The van der Waals surface area contributed by atoms with Crippen LogP contribution >= 0.6 is 0 Å². The number of H-pyrrole nitrogens is 1. The van der Waals surface area contributed by atoms with Gasteiger partial charge >= 0.3 is 0 Å². The Morgan fingerprint density at radius 3 is 2.23 bits per heavy atom.